The van der Waals surface area contributed by atoms with Gasteiger partial charge in [-0.15, -0.1) is 0 Å². The van der Waals surface area contributed by atoms with Crippen LogP contribution in [0, 0.1) is 0 Å². The first-order valence-corrected chi connectivity index (χ1v) is 9.00. The summed E-state index contributed by atoms with van der Waals surface area (Å²) in [7, 11) is -13.0. The smallest absolute Gasteiger partial charge is 0.768 e. The van der Waals surface area contributed by atoms with Crippen LogP contribution in [0.2, 0.25) is 0 Å². The van der Waals surface area contributed by atoms with Crippen LogP contribution in [0.25, 0.3) is 0 Å². The molecule has 0 aliphatic carbocycles. The van der Waals surface area contributed by atoms with Gasteiger partial charge in [0.15, 0.2) is 0 Å². The van der Waals surface area contributed by atoms with E-state index in [-0.39, 0.29) is 37.1 Å². The van der Waals surface area contributed by atoms with Gasteiger partial charge < -0.3 is 48.6 Å². The Balaban J connectivity index is -0.0000000400. The minimum Gasteiger partial charge on any atom is -0.768 e. The summed E-state index contributed by atoms with van der Waals surface area (Å²) in [5.41, 5.74) is 0. The molecule has 0 aliphatic rings. The number of rotatable bonds is 0. The van der Waals surface area contributed by atoms with Crippen LogP contribution in [0.4, 0.5) is 0 Å². The summed E-state index contributed by atoms with van der Waals surface area (Å²) in [6.45, 7) is 0. The average Bonchev–Trinajstić information content (AvgIpc) is 1.41. The Morgan fingerprint density at radius 2 is 0.529 bits per heavy atom. The van der Waals surface area contributed by atoms with E-state index in [9.17, 15) is 0 Å². The van der Waals surface area contributed by atoms with E-state index >= 15 is 0 Å². The molecule has 0 aromatic heterocycles. The van der Waals surface area contributed by atoms with Gasteiger partial charge in [-0.1, -0.05) is 0 Å². The van der Waals surface area contributed by atoms with Gasteiger partial charge in [-0.25, -0.2) is 0 Å². The summed E-state index contributed by atoms with van der Waals surface area (Å²) in [5.74, 6) is 0. The fourth-order valence-electron chi connectivity index (χ4n) is 0. The predicted octanol–water partition coefficient (Wildman–Crippen LogP) is -3.02. The standard InChI is InChI=1S/3H2O3S2.2V/c3*1-5(2,3)4;;/h3*(H2,1,2,3,4);;/q;;;2*+3/p-6. The van der Waals surface area contributed by atoms with E-state index in [0.29, 0.717) is 0 Å². The molecule has 0 saturated carbocycles. The maximum Gasteiger partial charge on any atom is 3.00 e. The van der Waals surface area contributed by atoms with Crippen molar-refractivity contribution in [1.29, 1.82) is 0 Å². The normalized spacial score (nSPS) is 10.2. The first-order valence-electron chi connectivity index (χ1n) is 2.00. The third kappa shape index (κ3) is 1200. The van der Waals surface area contributed by atoms with Crippen molar-refractivity contribution >= 4 is 62.4 Å². The monoisotopic (exact) mass is 438 g/mol. The summed E-state index contributed by atoms with van der Waals surface area (Å²) in [5, 5.41) is 0. The number of hydrogen-bond donors (Lipinski definition) is 0. The molecule has 0 aromatic rings. The van der Waals surface area contributed by atoms with E-state index in [1.807, 2.05) is 0 Å². The van der Waals surface area contributed by atoms with Crippen molar-refractivity contribution < 1.29 is 76.0 Å². The first-order chi connectivity index (χ1) is 6.00. The fourth-order valence-corrected chi connectivity index (χ4v) is 0. The Bertz CT molecular complexity index is 344. The van der Waals surface area contributed by atoms with Crippen molar-refractivity contribution in [3.8, 4) is 0 Å². The van der Waals surface area contributed by atoms with Crippen LogP contribution in [-0.2, 0) is 99.5 Å². The molecule has 0 atom stereocenters. The zero-order chi connectivity index (χ0) is 13.5. The van der Waals surface area contributed by atoms with Crippen LogP contribution in [0.15, 0.2) is 0 Å². The molecule has 0 spiro atoms. The molecule has 0 aromatic carbocycles. The van der Waals surface area contributed by atoms with Crippen LogP contribution in [0.1, 0.15) is 0 Å². The van der Waals surface area contributed by atoms with E-state index in [1.165, 1.54) is 0 Å². The van der Waals surface area contributed by atoms with Crippen LogP contribution >= 0.6 is 0 Å². The molecule has 17 heteroatoms. The van der Waals surface area contributed by atoms with Crippen molar-refractivity contribution in [3.05, 3.63) is 0 Å². The second-order valence-corrected chi connectivity index (χ2v) is 7.35. The van der Waals surface area contributed by atoms with Gasteiger partial charge in [-0.05, 0) is 27.5 Å². The van der Waals surface area contributed by atoms with Crippen molar-refractivity contribution in [2.45, 2.75) is 0 Å². The van der Waals surface area contributed by atoms with E-state index in [4.69, 9.17) is 38.9 Å². The number of hydrogen-bond acceptors (Lipinski definition) is 12. The van der Waals surface area contributed by atoms with E-state index in [1.54, 1.807) is 0 Å². The van der Waals surface area contributed by atoms with Gasteiger partial charge in [0.1, 0.15) is 0 Å². The zero-order valence-corrected chi connectivity index (χ0v) is 14.7. The van der Waals surface area contributed by atoms with Crippen LogP contribution < -0.4 is 0 Å². The second-order valence-electron chi connectivity index (χ2n) is 1.22. The second kappa shape index (κ2) is 13.0. The van der Waals surface area contributed by atoms with Crippen molar-refractivity contribution in [2.24, 2.45) is 0 Å². The molecule has 0 radical (unpaired) electrons. The average molecular weight is 438 g/mol. The fraction of sp³-hybridized carbons (Fsp3) is 0. The predicted molar refractivity (Wildman–Crippen MR) is 51.2 cm³/mol. The SMILES string of the molecule is O=S(=O)([O-])[S-].O=S(=O)([O-])[S-].O=S(=O)([O-])[S-].[V+3].[V+3]. The third-order valence-electron chi connectivity index (χ3n) is 0. The largest absolute Gasteiger partial charge is 3.00 e. The molecule has 0 heterocycles. The van der Waals surface area contributed by atoms with Crippen molar-refractivity contribution in [2.75, 3.05) is 0 Å². The molecule has 0 fully saturated rings. The Morgan fingerprint density at radius 3 is 0.529 bits per heavy atom. The van der Waals surface area contributed by atoms with Crippen molar-refractivity contribution in [3.63, 3.8) is 0 Å². The maximum atomic E-state index is 8.89. The minimum atomic E-state index is -4.33. The maximum absolute atomic E-state index is 8.89. The Labute approximate surface area is 137 Å². The topological polar surface area (TPSA) is 172 Å². The molecule has 9 nitrogen and oxygen atoms in total. The third-order valence-corrected chi connectivity index (χ3v) is 0. The first kappa shape index (κ1) is 31.4. The molecule has 0 aliphatic heterocycles. The summed E-state index contributed by atoms with van der Waals surface area (Å²) in [4.78, 5) is 0. The summed E-state index contributed by atoms with van der Waals surface area (Å²) in [6, 6.07) is 0. The van der Waals surface area contributed by atoms with Gasteiger partial charge in [0.25, 0.3) is 0 Å². The summed E-state index contributed by atoms with van der Waals surface area (Å²) >= 11 is 9.73. The summed E-state index contributed by atoms with van der Waals surface area (Å²) < 4.78 is 80.0. The molecular formula is O9S6V2. The Morgan fingerprint density at radius 1 is 0.529 bits per heavy atom. The zero-order valence-electron chi connectivity index (χ0n) is 7.02. The molecule has 100 valence electrons. The molecule has 0 bridgehead atoms. The van der Waals surface area contributed by atoms with Crippen molar-refractivity contribution in [1.82, 2.24) is 0 Å². The quantitative estimate of drug-likeness (QED) is 0.213. The van der Waals surface area contributed by atoms with E-state index in [0.717, 1.165) is 0 Å². The minimum absolute atomic E-state index is 0. The van der Waals surface area contributed by atoms with Gasteiger partial charge in [-0.2, -0.15) is 0 Å². The molecule has 17 heavy (non-hydrogen) atoms. The molecule has 0 amide bonds. The molecule has 0 rings (SSSR count). The van der Waals surface area contributed by atoms with Crippen LogP contribution in [-0.4, -0.2) is 38.9 Å². The molecular weight excluding hydrogens is 438 g/mol. The van der Waals surface area contributed by atoms with Crippen LogP contribution in [0.5, 0.6) is 0 Å². The Hall–Kier alpha value is 1.95. The molecule has 0 N–H and O–H groups in total. The van der Waals surface area contributed by atoms with E-state index in [2.05, 4.69) is 35.0 Å². The van der Waals surface area contributed by atoms with Gasteiger partial charge >= 0.3 is 37.1 Å². The van der Waals surface area contributed by atoms with Gasteiger partial charge in [-0.3, -0.25) is 25.3 Å². The molecule has 0 saturated heterocycles. The van der Waals surface area contributed by atoms with Gasteiger partial charge in [0.2, 0.25) is 0 Å². The van der Waals surface area contributed by atoms with Gasteiger partial charge in [0, 0.05) is 0 Å². The summed E-state index contributed by atoms with van der Waals surface area (Å²) in [6.07, 6.45) is 0. The van der Waals surface area contributed by atoms with Gasteiger partial charge in [0.05, 0.1) is 0 Å². The Kier molecular flexibility index (Phi) is 23.9. The molecule has 0 unspecified atom stereocenters. The van der Waals surface area contributed by atoms with Crippen LogP contribution in [0.3, 0.4) is 0 Å². The van der Waals surface area contributed by atoms with E-state index < -0.39 is 27.5 Å².